The fourth-order valence-corrected chi connectivity index (χ4v) is 3.98. The number of anilines is 1. The van der Waals surface area contributed by atoms with Crippen LogP contribution in [0.1, 0.15) is 77.0 Å². The monoisotopic (exact) mass is 460 g/mol. The summed E-state index contributed by atoms with van der Waals surface area (Å²) in [7, 11) is -3.61. The highest BCUT2D eigenvalue weighted by Crippen LogP contribution is 2.33. The topological polar surface area (TPSA) is 75.7 Å². The number of hydrogen-bond donors (Lipinski definition) is 1. The molecule has 0 spiro atoms. The highest BCUT2D eigenvalue weighted by atomic mass is 32.2. The predicted octanol–water partition coefficient (Wildman–Crippen LogP) is 6.10. The number of rotatable bonds is 9. The number of urea groups is 1. The van der Waals surface area contributed by atoms with E-state index in [1.54, 1.807) is 23.1 Å². The average Bonchev–Trinajstić information content (AvgIpc) is 2.71. The van der Waals surface area contributed by atoms with Crippen LogP contribution in [0.2, 0.25) is 0 Å². The molecule has 6 nitrogen and oxygen atoms in total. The molecule has 0 atom stereocenters. The molecule has 0 radical (unpaired) electrons. The molecule has 0 aliphatic carbocycles. The van der Waals surface area contributed by atoms with Gasteiger partial charge in [-0.25, -0.2) is 4.79 Å². The molecule has 2 amide bonds. The number of carbonyl (C=O) groups is 1. The normalized spacial score (nSPS) is 11.8. The quantitative estimate of drug-likeness (QED) is 0.459. The van der Waals surface area contributed by atoms with Gasteiger partial charge >= 0.3 is 16.1 Å². The van der Waals surface area contributed by atoms with Crippen LogP contribution < -0.4 is 9.50 Å². The van der Waals surface area contributed by atoms with Crippen molar-refractivity contribution < 1.29 is 17.4 Å². The Morgan fingerprint density at radius 3 is 2.03 bits per heavy atom. The third-order valence-corrected chi connectivity index (χ3v) is 6.47. The summed E-state index contributed by atoms with van der Waals surface area (Å²) >= 11 is 0. The van der Waals surface area contributed by atoms with Crippen molar-refractivity contribution in [3.8, 4) is 5.75 Å². The van der Waals surface area contributed by atoms with Gasteiger partial charge in [0.25, 0.3) is 0 Å². The maximum atomic E-state index is 13.4. The van der Waals surface area contributed by atoms with Gasteiger partial charge in [0.05, 0.1) is 5.75 Å². The zero-order valence-electron chi connectivity index (χ0n) is 20.2. The van der Waals surface area contributed by atoms with Crippen molar-refractivity contribution in [3.63, 3.8) is 0 Å². The predicted molar refractivity (Wildman–Crippen MR) is 131 cm³/mol. The van der Waals surface area contributed by atoms with Crippen molar-refractivity contribution in [2.45, 2.75) is 72.9 Å². The summed E-state index contributed by atoms with van der Waals surface area (Å²) in [6, 6.07) is 12.8. The summed E-state index contributed by atoms with van der Waals surface area (Å²) in [6.07, 6.45) is 0. The summed E-state index contributed by atoms with van der Waals surface area (Å²) < 4.78 is 28.7. The standard InChI is InChI=1S/C25H36N2O4S/c1-8-32(29,30)31-21-12-9-11-20(15-21)16-27(19(6)7)25(28)26-24-22(17(2)3)13-10-14-23(24)18(4)5/h9-15,17-19H,8,16H2,1-7H3,(H,26,28). The van der Waals surface area contributed by atoms with Gasteiger partial charge in [-0.1, -0.05) is 58.0 Å². The summed E-state index contributed by atoms with van der Waals surface area (Å²) in [5, 5.41) is 3.17. The SMILES string of the molecule is CCS(=O)(=O)Oc1cccc(CN(C(=O)Nc2c(C(C)C)cccc2C(C)C)C(C)C)c1. The molecule has 1 N–H and O–H groups in total. The molecule has 0 aliphatic rings. The second-order valence-electron chi connectivity index (χ2n) is 8.85. The van der Waals surface area contributed by atoms with Crippen LogP contribution in [0.5, 0.6) is 5.75 Å². The molecule has 2 rings (SSSR count). The van der Waals surface area contributed by atoms with Crippen molar-refractivity contribution in [1.82, 2.24) is 4.90 Å². The fraction of sp³-hybridized carbons (Fsp3) is 0.480. The van der Waals surface area contributed by atoms with E-state index in [1.807, 2.05) is 26.0 Å². The van der Waals surface area contributed by atoms with Gasteiger partial charge in [-0.05, 0) is 61.4 Å². The molecule has 0 aromatic heterocycles. The maximum absolute atomic E-state index is 13.4. The molecule has 0 bridgehead atoms. The first-order valence-corrected chi connectivity index (χ1v) is 12.7. The van der Waals surface area contributed by atoms with Crippen molar-refractivity contribution in [2.24, 2.45) is 0 Å². The van der Waals surface area contributed by atoms with E-state index < -0.39 is 10.1 Å². The third-order valence-electron chi connectivity index (χ3n) is 5.32. The number of para-hydroxylation sites is 1. The lowest BCUT2D eigenvalue weighted by Crippen LogP contribution is -2.40. The minimum absolute atomic E-state index is 0.0624. The third kappa shape index (κ3) is 6.73. The lowest BCUT2D eigenvalue weighted by molar-refractivity contribution is 0.193. The number of nitrogens with zero attached hydrogens (tertiary/aromatic N) is 1. The minimum Gasteiger partial charge on any atom is -0.382 e. The van der Waals surface area contributed by atoms with Crippen LogP contribution in [0.4, 0.5) is 10.5 Å². The zero-order valence-corrected chi connectivity index (χ0v) is 21.0. The van der Waals surface area contributed by atoms with Gasteiger partial charge in [0.15, 0.2) is 0 Å². The first-order valence-electron chi connectivity index (χ1n) is 11.2. The van der Waals surface area contributed by atoms with Gasteiger partial charge < -0.3 is 14.4 Å². The molecule has 7 heteroatoms. The van der Waals surface area contributed by atoms with E-state index >= 15 is 0 Å². The van der Waals surface area contributed by atoms with Crippen LogP contribution in [0.25, 0.3) is 0 Å². The average molecular weight is 461 g/mol. The molecule has 176 valence electrons. The summed E-state index contributed by atoms with van der Waals surface area (Å²) in [5.41, 5.74) is 3.88. The molecule has 0 saturated carbocycles. The van der Waals surface area contributed by atoms with Crippen LogP contribution in [0.3, 0.4) is 0 Å². The Morgan fingerprint density at radius 2 is 1.53 bits per heavy atom. The van der Waals surface area contributed by atoms with Crippen molar-refractivity contribution >= 4 is 21.8 Å². The van der Waals surface area contributed by atoms with E-state index in [-0.39, 0.29) is 35.4 Å². The van der Waals surface area contributed by atoms with E-state index in [4.69, 9.17) is 4.18 Å². The Bertz CT molecular complexity index is 1000. The van der Waals surface area contributed by atoms with Gasteiger partial charge in [0.2, 0.25) is 0 Å². The van der Waals surface area contributed by atoms with Gasteiger partial charge in [0.1, 0.15) is 5.75 Å². The van der Waals surface area contributed by atoms with E-state index in [1.165, 1.54) is 6.92 Å². The smallest absolute Gasteiger partial charge is 0.322 e. The summed E-state index contributed by atoms with van der Waals surface area (Å²) in [4.78, 5) is 15.1. The number of hydrogen-bond acceptors (Lipinski definition) is 4. The summed E-state index contributed by atoms with van der Waals surface area (Å²) in [5.74, 6) is 0.683. The van der Waals surface area contributed by atoms with Gasteiger partial charge in [-0.2, -0.15) is 8.42 Å². The first kappa shape index (κ1) is 25.7. The molecule has 0 heterocycles. The lowest BCUT2D eigenvalue weighted by atomic mass is 9.92. The minimum atomic E-state index is -3.61. The van der Waals surface area contributed by atoms with E-state index in [0.29, 0.717) is 6.54 Å². The number of benzene rings is 2. The zero-order chi connectivity index (χ0) is 24.1. The lowest BCUT2D eigenvalue weighted by Gasteiger charge is -2.29. The van der Waals surface area contributed by atoms with Crippen LogP contribution in [0, 0.1) is 0 Å². The van der Waals surface area contributed by atoms with Crippen molar-refractivity contribution in [3.05, 3.63) is 59.2 Å². The molecule has 0 aliphatic heterocycles. The highest BCUT2D eigenvalue weighted by molar-refractivity contribution is 7.87. The molecule has 2 aromatic rings. The number of amides is 2. The second kappa shape index (κ2) is 10.9. The molecule has 32 heavy (non-hydrogen) atoms. The molecule has 0 unspecified atom stereocenters. The Labute approximate surface area is 193 Å². The van der Waals surface area contributed by atoms with E-state index in [2.05, 4.69) is 45.1 Å². The Hall–Kier alpha value is -2.54. The molecule has 0 fully saturated rings. The number of nitrogens with one attached hydrogen (secondary N) is 1. The molecule has 0 saturated heterocycles. The Morgan fingerprint density at radius 1 is 0.969 bits per heavy atom. The van der Waals surface area contributed by atoms with Crippen molar-refractivity contribution in [1.29, 1.82) is 0 Å². The summed E-state index contributed by atoms with van der Waals surface area (Å²) in [6.45, 7) is 14.2. The maximum Gasteiger partial charge on any atom is 0.322 e. The van der Waals surface area contributed by atoms with Crippen LogP contribution in [-0.2, 0) is 16.7 Å². The van der Waals surface area contributed by atoms with Crippen molar-refractivity contribution in [2.75, 3.05) is 11.1 Å². The largest absolute Gasteiger partial charge is 0.382 e. The van der Waals surface area contributed by atoms with Gasteiger partial charge in [-0.15, -0.1) is 0 Å². The first-order chi connectivity index (χ1) is 14.9. The Kier molecular flexibility index (Phi) is 8.73. The fourth-order valence-electron chi connectivity index (χ4n) is 3.46. The van der Waals surface area contributed by atoms with Crippen LogP contribution in [0.15, 0.2) is 42.5 Å². The highest BCUT2D eigenvalue weighted by Gasteiger charge is 2.22. The molecular formula is C25H36N2O4S. The van der Waals surface area contributed by atoms with Crippen LogP contribution >= 0.6 is 0 Å². The van der Waals surface area contributed by atoms with Gasteiger partial charge in [0, 0.05) is 18.3 Å². The number of carbonyl (C=O) groups excluding carboxylic acids is 1. The Balaban J connectivity index is 2.31. The van der Waals surface area contributed by atoms with E-state index in [9.17, 15) is 13.2 Å². The molecular weight excluding hydrogens is 424 g/mol. The van der Waals surface area contributed by atoms with Crippen LogP contribution in [-0.4, -0.2) is 31.1 Å². The van der Waals surface area contributed by atoms with Gasteiger partial charge in [-0.3, -0.25) is 0 Å². The van der Waals surface area contributed by atoms with E-state index in [0.717, 1.165) is 22.4 Å². The molecule has 2 aromatic carbocycles. The second-order valence-corrected chi connectivity index (χ2v) is 10.7.